The molecular formula is C20H15ClN2O4. The van der Waals surface area contributed by atoms with Crippen molar-refractivity contribution < 1.29 is 19.1 Å². The number of carbonyl (C=O) groups is 2. The van der Waals surface area contributed by atoms with Gasteiger partial charge in [-0.3, -0.25) is 4.79 Å². The quantitative estimate of drug-likeness (QED) is 0.406. The molecular weight excluding hydrogens is 368 g/mol. The maximum absolute atomic E-state index is 12.4. The van der Waals surface area contributed by atoms with Crippen molar-refractivity contribution in [2.75, 3.05) is 12.4 Å². The third-order valence-electron chi connectivity index (χ3n) is 3.64. The molecule has 0 bridgehead atoms. The Hall–Kier alpha value is -3.38. The number of carbonyl (C=O) groups excluding carboxylic acids is 2. The van der Waals surface area contributed by atoms with Gasteiger partial charge in [0.25, 0.3) is 5.91 Å². The lowest BCUT2D eigenvalue weighted by Gasteiger charge is -2.10. The summed E-state index contributed by atoms with van der Waals surface area (Å²) in [4.78, 5) is 28.3. The maximum atomic E-state index is 12.4. The van der Waals surface area contributed by atoms with Crippen LogP contribution in [0.2, 0.25) is 5.15 Å². The largest absolute Gasteiger partial charge is 0.496 e. The molecule has 1 heterocycles. The summed E-state index contributed by atoms with van der Waals surface area (Å²) < 4.78 is 10.5. The fourth-order valence-electron chi connectivity index (χ4n) is 2.33. The minimum Gasteiger partial charge on any atom is -0.496 e. The van der Waals surface area contributed by atoms with E-state index in [1.54, 1.807) is 48.5 Å². The topological polar surface area (TPSA) is 77.5 Å². The van der Waals surface area contributed by atoms with Crippen LogP contribution >= 0.6 is 11.6 Å². The molecule has 136 valence electrons. The van der Waals surface area contributed by atoms with Crippen molar-refractivity contribution in [3.8, 4) is 11.5 Å². The van der Waals surface area contributed by atoms with E-state index in [1.165, 1.54) is 25.4 Å². The van der Waals surface area contributed by atoms with Gasteiger partial charge in [0.2, 0.25) is 0 Å². The number of para-hydroxylation sites is 1. The van der Waals surface area contributed by atoms with E-state index in [9.17, 15) is 9.59 Å². The second-order valence-corrected chi connectivity index (χ2v) is 5.82. The fraction of sp³-hybridized carbons (Fsp3) is 0.0500. The van der Waals surface area contributed by atoms with Gasteiger partial charge >= 0.3 is 5.97 Å². The van der Waals surface area contributed by atoms with Crippen LogP contribution in [0.1, 0.15) is 20.7 Å². The Labute approximate surface area is 160 Å². The Balaban J connectivity index is 1.67. The van der Waals surface area contributed by atoms with Gasteiger partial charge in [-0.1, -0.05) is 23.7 Å². The van der Waals surface area contributed by atoms with Crippen molar-refractivity contribution in [1.82, 2.24) is 4.98 Å². The molecule has 3 aromatic rings. The number of amides is 1. The van der Waals surface area contributed by atoms with Gasteiger partial charge in [-0.05, 0) is 48.5 Å². The zero-order valence-electron chi connectivity index (χ0n) is 14.3. The Morgan fingerprint density at radius 3 is 2.48 bits per heavy atom. The molecule has 0 atom stereocenters. The van der Waals surface area contributed by atoms with Gasteiger partial charge in [0.05, 0.1) is 18.2 Å². The maximum Gasteiger partial charge on any atom is 0.343 e. The first-order valence-electron chi connectivity index (χ1n) is 7.95. The van der Waals surface area contributed by atoms with Crippen LogP contribution < -0.4 is 14.8 Å². The Morgan fingerprint density at radius 1 is 1.04 bits per heavy atom. The molecule has 7 heteroatoms. The number of nitrogens with zero attached hydrogens (tertiary/aromatic N) is 1. The standard InChI is InChI=1S/C20H15ClN2O4/c1-26-17-5-3-2-4-16(17)19(24)23-14-6-8-15(9-7-14)27-20(25)13-10-11-22-18(21)12-13/h2-12H,1H3,(H,23,24). The van der Waals surface area contributed by atoms with Crippen LogP contribution in [-0.4, -0.2) is 24.0 Å². The summed E-state index contributed by atoms with van der Waals surface area (Å²) in [5, 5.41) is 2.97. The van der Waals surface area contributed by atoms with Gasteiger partial charge in [-0.25, -0.2) is 9.78 Å². The van der Waals surface area contributed by atoms with Crippen LogP contribution in [0.15, 0.2) is 66.9 Å². The molecule has 1 amide bonds. The number of hydrogen-bond donors (Lipinski definition) is 1. The van der Waals surface area contributed by atoms with Crippen molar-refractivity contribution in [3.63, 3.8) is 0 Å². The van der Waals surface area contributed by atoms with Gasteiger partial charge in [-0.15, -0.1) is 0 Å². The number of aromatic nitrogens is 1. The number of halogens is 1. The van der Waals surface area contributed by atoms with E-state index in [4.69, 9.17) is 21.1 Å². The molecule has 1 aromatic heterocycles. The van der Waals surface area contributed by atoms with Gasteiger partial charge in [-0.2, -0.15) is 0 Å². The molecule has 0 saturated heterocycles. The average molecular weight is 383 g/mol. The first-order valence-corrected chi connectivity index (χ1v) is 8.33. The van der Waals surface area contributed by atoms with Crippen LogP contribution in [0.25, 0.3) is 0 Å². The second-order valence-electron chi connectivity index (χ2n) is 5.44. The predicted molar refractivity (Wildman–Crippen MR) is 102 cm³/mol. The lowest BCUT2D eigenvalue weighted by atomic mass is 10.2. The minimum absolute atomic E-state index is 0.207. The minimum atomic E-state index is -0.551. The summed E-state index contributed by atoms with van der Waals surface area (Å²) in [6.07, 6.45) is 1.43. The molecule has 1 N–H and O–H groups in total. The van der Waals surface area contributed by atoms with Crippen LogP contribution in [-0.2, 0) is 0 Å². The van der Waals surface area contributed by atoms with Gasteiger partial charge in [0.15, 0.2) is 0 Å². The Morgan fingerprint density at radius 2 is 1.78 bits per heavy atom. The highest BCUT2D eigenvalue weighted by Crippen LogP contribution is 2.21. The van der Waals surface area contributed by atoms with E-state index >= 15 is 0 Å². The Bertz CT molecular complexity index is 974. The summed E-state index contributed by atoms with van der Waals surface area (Å²) in [5.41, 5.74) is 1.27. The van der Waals surface area contributed by atoms with Gasteiger partial charge in [0, 0.05) is 11.9 Å². The zero-order valence-corrected chi connectivity index (χ0v) is 15.1. The third kappa shape index (κ3) is 4.62. The van der Waals surface area contributed by atoms with E-state index in [0.29, 0.717) is 28.3 Å². The molecule has 0 aliphatic heterocycles. The highest BCUT2D eigenvalue weighted by molar-refractivity contribution is 6.29. The first-order chi connectivity index (χ1) is 13.1. The van der Waals surface area contributed by atoms with Crippen LogP contribution in [0.5, 0.6) is 11.5 Å². The summed E-state index contributed by atoms with van der Waals surface area (Å²) in [6, 6.07) is 16.3. The molecule has 3 rings (SSSR count). The SMILES string of the molecule is COc1ccccc1C(=O)Nc1ccc(OC(=O)c2ccnc(Cl)c2)cc1. The summed E-state index contributed by atoms with van der Waals surface area (Å²) >= 11 is 5.77. The van der Waals surface area contributed by atoms with E-state index in [-0.39, 0.29) is 11.1 Å². The lowest BCUT2D eigenvalue weighted by Crippen LogP contribution is -2.13. The highest BCUT2D eigenvalue weighted by Gasteiger charge is 2.12. The van der Waals surface area contributed by atoms with Gasteiger partial charge < -0.3 is 14.8 Å². The molecule has 2 aromatic carbocycles. The molecule has 0 spiro atoms. The number of pyridine rings is 1. The molecule has 0 radical (unpaired) electrons. The lowest BCUT2D eigenvalue weighted by molar-refractivity contribution is 0.0734. The smallest absolute Gasteiger partial charge is 0.343 e. The number of anilines is 1. The van der Waals surface area contributed by atoms with Crippen LogP contribution in [0, 0.1) is 0 Å². The first kappa shape index (κ1) is 18.4. The molecule has 27 heavy (non-hydrogen) atoms. The fourth-order valence-corrected chi connectivity index (χ4v) is 2.51. The van der Waals surface area contributed by atoms with Crippen molar-refractivity contribution in [2.24, 2.45) is 0 Å². The molecule has 0 aliphatic rings. The molecule has 0 aliphatic carbocycles. The predicted octanol–water partition coefficient (Wildman–Crippen LogP) is 4.22. The van der Waals surface area contributed by atoms with E-state index in [0.717, 1.165) is 0 Å². The molecule has 6 nitrogen and oxygen atoms in total. The number of ether oxygens (including phenoxy) is 2. The normalized spacial score (nSPS) is 10.1. The van der Waals surface area contributed by atoms with Crippen molar-refractivity contribution in [3.05, 3.63) is 83.1 Å². The summed E-state index contributed by atoms with van der Waals surface area (Å²) in [7, 11) is 1.51. The number of nitrogens with one attached hydrogen (secondary N) is 1. The van der Waals surface area contributed by atoms with E-state index in [1.807, 2.05) is 0 Å². The van der Waals surface area contributed by atoms with Crippen LogP contribution in [0.3, 0.4) is 0 Å². The highest BCUT2D eigenvalue weighted by atomic mass is 35.5. The number of rotatable bonds is 5. The van der Waals surface area contributed by atoms with E-state index < -0.39 is 5.97 Å². The van der Waals surface area contributed by atoms with Crippen molar-refractivity contribution in [1.29, 1.82) is 0 Å². The number of esters is 1. The molecule has 0 fully saturated rings. The molecule has 0 saturated carbocycles. The van der Waals surface area contributed by atoms with Crippen LogP contribution in [0.4, 0.5) is 5.69 Å². The third-order valence-corrected chi connectivity index (χ3v) is 3.84. The summed E-state index contributed by atoms with van der Waals surface area (Å²) in [6.45, 7) is 0. The average Bonchev–Trinajstić information content (AvgIpc) is 2.69. The second kappa shape index (κ2) is 8.33. The monoisotopic (exact) mass is 382 g/mol. The van der Waals surface area contributed by atoms with Crippen molar-refractivity contribution >= 4 is 29.2 Å². The number of hydrogen-bond acceptors (Lipinski definition) is 5. The van der Waals surface area contributed by atoms with E-state index in [2.05, 4.69) is 10.3 Å². The number of methoxy groups -OCH3 is 1. The summed E-state index contributed by atoms with van der Waals surface area (Å²) in [5.74, 6) is -0.0338. The Kier molecular flexibility index (Phi) is 5.68. The zero-order chi connectivity index (χ0) is 19.2. The molecule has 0 unspecified atom stereocenters. The number of benzene rings is 2. The van der Waals surface area contributed by atoms with Crippen molar-refractivity contribution in [2.45, 2.75) is 0 Å². The van der Waals surface area contributed by atoms with Gasteiger partial charge in [0.1, 0.15) is 16.7 Å².